The monoisotopic (exact) mass is 343 g/mol. The first kappa shape index (κ1) is 16.7. The van der Waals surface area contributed by atoms with Gasteiger partial charge in [-0.2, -0.15) is 0 Å². The van der Waals surface area contributed by atoms with E-state index in [1.165, 1.54) is 37.9 Å². The Hall–Kier alpha value is -1.75. The van der Waals surface area contributed by atoms with Crippen molar-refractivity contribution >= 4 is 6.03 Å². The highest BCUT2D eigenvalue weighted by Gasteiger charge is 2.42. The number of methoxy groups -OCH3 is 1. The highest BCUT2D eigenvalue weighted by atomic mass is 16.5. The van der Waals surface area contributed by atoms with Gasteiger partial charge < -0.3 is 15.0 Å². The molecule has 2 aliphatic heterocycles. The molecule has 1 saturated carbocycles. The van der Waals surface area contributed by atoms with Crippen LogP contribution in [0.25, 0.3) is 0 Å². The van der Waals surface area contributed by atoms with Crippen LogP contribution in [0.4, 0.5) is 4.79 Å². The zero-order chi connectivity index (χ0) is 17.2. The molecule has 2 amide bonds. The molecule has 3 fully saturated rings. The fourth-order valence-corrected chi connectivity index (χ4v) is 4.46. The lowest BCUT2D eigenvalue weighted by atomic mass is 10.0. The summed E-state index contributed by atoms with van der Waals surface area (Å²) in [5, 5.41) is 3.25. The summed E-state index contributed by atoms with van der Waals surface area (Å²) in [6, 6.07) is 9.07. The van der Waals surface area contributed by atoms with Crippen LogP contribution in [0.5, 0.6) is 5.75 Å². The van der Waals surface area contributed by atoms with Gasteiger partial charge in [-0.1, -0.05) is 18.2 Å². The number of likely N-dealkylation sites (tertiary alicyclic amines) is 2. The van der Waals surface area contributed by atoms with Crippen LogP contribution >= 0.6 is 0 Å². The molecule has 3 aliphatic rings. The second-order valence-electron chi connectivity index (χ2n) is 7.63. The van der Waals surface area contributed by atoms with Gasteiger partial charge in [-0.15, -0.1) is 0 Å². The number of ether oxygens (including phenoxy) is 1. The van der Waals surface area contributed by atoms with Crippen LogP contribution in [0.1, 0.15) is 43.6 Å². The van der Waals surface area contributed by atoms with Crippen LogP contribution in [0, 0.1) is 0 Å². The molecule has 3 atom stereocenters. The van der Waals surface area contributed by atoms with Crippen LogP contribution in [-0.2, 0) is 0 Å². The third kappa shape index (κ3) is 3.61. The summed E-state index contributed by atoms with van der Waals surface area (Å²) in [6.45, 7) is 4.19. The molecule has 1 aliphatic carbocycles. The minimum Gasteiger partial charge on any atom is -0.496 e. The summed E-state index contributed by atoms with van der Waals surface area (Å²) in [6.07, 6.45) is 5.98. The molecule has 0 radical (unpaired) electrons. The number of urea groups is 1. The highest BCUT2D eigenvalue weighted by Crippen LogP contribution is 2.44. The Kier molecular flexibility index (Phi) is 4.84. The van der Waals surface area contributed by atoms with E-state index < -0.39 is 0 Å². The van der Waals surface area contributed by atoms with E-state index >= 15 is 0 Å². The van der Waals surface area contributed by atoms with E-state index in [0.717, 1.165) is 31.7 Å². The molecule has 1 N–H and O–H groups in total. The third-order valence-electron chi connectivity index (χ3n) is 5.98. The van der Waals surface area contributed by atoms with Crippen molar-refractivity contribution in [1.82, 2.24) is 15.1 Å². The van der Waals surface area contributed by atoms with Crippen molar-refractivity contribution in [1.29, 1.82) is 0 Å². The quantitative estimate of drug-likeness (QED) is 0.914. The van der Waals surface area contributed by atoms with E-state index in [2.05, 4.69) is 16.3 Å². The van der Waals surface area contributed by atoms with Gasteiger partial charge in [0.15, 0.2) is 0 Å². The van der Waals surface area contributed by atoms with Crippen molar-refractivity contribution in [2.45, 2.75) is 50.1 Å². The average molecular weight is 343 g/mol. The molecule has 0 aromatic heterocycles. The maximum Gasteiger partial charge on any atom is 0.317 e. The first-order chi connectivity index (χ1) is 12.3. The maximum atomic E-state index is 12.7. The first-order valence-corrected chi connectivity index (χ1v) is 9.68. The van der Waals surface area contributed by atoms with Crippen molar-refractivity contribution in [2.24, 2.45) is 0 Å². The molecule has 2 heterocycles. The molecular weight excluding hydrogens is 314 g/mol. The van der Waals surface area contributed by atoms with Crippen LogP contribution in [-0.4, -0.2) is 61.2 Å². The Morgan fingerprint density at radius 3 is 2.76 bits per heavy atom. The van der Waals surface area contributed by atoms with Crippen LogP contribution in [0.15, 0.2) is 24.3 Å². The van der Waals surface area contributed by atoms with Crippen molar-refractivity contribution in [3.05, 3.63) is 29.8 Å². The molecule has 1 aromatic rings. The van der Waals surface area contributed by atoms with Crippen molar-refractivity contribution in [3.63, 3.8) is 0 Å². The largest absolute Gasteiger partial charge is 0.496 e. The smallest absolute Gasteiger partial charge is 0.317 e. The summed E-state index contributed by atoms with van der Waals surface area (Å²) in [5.74, 6) is 1.32. The summed E-state index contributed by atoms with van der Waals surface area (Å²) >= 11 is 0. The Labute approximate surface area is 150 Å². The highest BCUT2D eigenvalue weighted by molar-refractivity contribution is 5.75. The fraction of sp³-hybridized carbons (Fsp3) is 0.650. The van der Waals surface area contributed by atoms with Gasteiger partial charge in [0.05, 0.1) is 7.11 Å². The summed E-state index contributed by atoms with van der Waals surface area (Å²) in [7, 11) is 1.71. The number of amides is 2. The Morgan fingerprint density at radius 2 is 1.96 bits per heavy atom. The number of para-hydroxylation sites is 1. The second kappa shape index (κ2) is 7.24. The maximum absolute atomic E-state index is 12.7. The fourth-order valence-electron chi connectivity index (χ4n) is 4.46. The molecule has 136 valence electrons. The number of carbonyl (C=O) groups is 1. The Balaban J connectivity index is 1.32. The first-order valence-electron chi connectivity index (χ1n) is 9.68. The number of nitrogens with one attached hydrogen (secondary N) is 1. The minimum absolute atomic E-state index is 0.117. The lowest BCUT2D eigenvalue weighted by molar-refractivity contribution is 0.125. The normalized spacial score (nSPS) is 29.5. The number of rotatable bonds is 4. The minimum atomic E-state index is 0.117. The van der Waals surface area contributed by atoms with E-state index in [9.17, 15) is 4.79 Å². The SMILES string of the molecule is COc1ccccc1[C@@H]1C[C@H]1NC(=O)N1CCC[C@H](N2CCCC2)C1. The van der Waals surface area contributed by atoms with Crippen LogP contribution in [0.2, 0.25) is 0 Å². The zero-order valence-corrected chi connectivity index (χ0v) is 15.1. The molecule has 0 spiro atoms. The van der Waals surface area contributed by atoms with Crippen LogP contribution < -0.4 is 10.1 Å². The molecular formula is C20H29N3O2. The van der Waals surface area contributed by atoms with Gasteiger partial charge in [0.2, 0.25) is 0 Å². The number of carbonyl (C=O) groups excluding carboxylic acids is 1. The molecule has 25 heavy (non-hydrogen) atoms. The Morgan fingerprint density at radius 1 is 1.16 bits per heavy atom. The molecule has 0 bridgehead atoms. The van der Waals surface area contributed by atoms with Gasteiger partial charge in [0.1, 0.15) is 5.75 Å². The zero-order valence-electron chi connectivity index (χ0n) is 15.1. The van der Waals surface area contributed by atoms with E-state index in [1.54, 1.807) is 7.11 Å². The van der Waals surface area contributed by atoms with Gasteiger partial charge in [-0.25, -0.2) is 4.79 Å². The Bertz CT molecular complexity index is 615. The van der Waals surface area contributed by atoms with E-state index in [1.807, 2.05) is 23.1 Å². The third-order valence-corrected chi connectivity index (χ3v) is 5.98. The number of hydrogen-bond donors (Lipinski definition) is 1. The van der Waals surface area contributed by atoms with Crippen LogP contribution in [0.3, 0.4) is 0 Å². The van der Waals surface area contributed by atoms with Gasteiger partial charge in [-0.3, -0.25) is 4.90 Å². The van der Waals surface area contributed by atoms with Crippen molar-refractivity contribution in [2.75, 3.05) is 33.3 Å². The number of hydrogen-bond acceptors (Lipinski definition) is 3. The van der Waals surface area contributed by atoms with Gasteiger partial charge in [-0.05, 0) is 56.8 Å². The molecule has 5 nitrogen and oxygen atoms in total. The average Bonchev–Trinajstić information content (AvgIpc) is 3.19. The molecule has 5 heteroatoms. The number of piperidine rings is 1. The lowest BCUT2D eigenvalue weighted by Gasteiger charge is -2.37. The van der Waals surface area contributed by atoms with Gasteiger partial charge in [0, 0.05) is 31.1 Å². The van der Waals surface area contributed by atoms with Gasteiger partial charge >= 0.3 is 6.03 Å². The molecule has 0 unspecified atom stereocenters. The number of nitrogens with zero attached hydrogens (tertiary/aromatic N) is 2. The van der Waals surface area contributed by atoms with E-state index in [4.69, 9.17) is 4.74 Å². The molecule has 2 saturated heterocycles. The van der Waals surface area contributed by atoms with Crippen molar-refractivity contribution < 1.29 is 9.53 Å². The van der Waals surface area contributed by atoms with E-state index in [0.29, 0.717) is 12.0 Å². The topological polar surface area (TPSA) is 44.8 Å². The second-order valence-corrected chi connectivity index (χ2v) is 7.63. The number of benzene rings is 1. The predicted molar refractivity (Wildman–Crippen MR) is 98.1 cm³/mol. The summed E-state index contributed by atoms with van der Waals surface area (Å²) in [4.78, 5) is 17.3. The van der Waals surface area contributed by atoms with Crippen molar-refractivity contribution in [3.8, 4) is 5.75 Å². The van der Waals surface area contributed by atoms with E-state index in [-0.39, 0.29) is 12.1 Å². The summed E-state index contributed by atoms with van der Waals surface area (Å²) < 4.78 is 5.46. The lowest BCUT2D eigenvalue weighted by Crippen LogP contribution is -2.52. The summed E-state index contributed by atoms with van der Waals surface area (Å²) in [5.41, 5.74) is 1.21. The molecule has 1 aromatic carbocycles. The standard InChI is InChI=1S/C20H29N3O2/c1-25-19-9-3-2-8-16(19)17-13-18(17)21-20(24)23-12-6-7-15(14-23)22-10-4-5-11-22/h2-3,8-9,15,17-18H,4-7,10-14H2,1H3,(H,21,24)/t15-,17-,18+/m0/s1. The predicted octanol–water partition coefficient (Wildman–Crippen LogP) is 2.82. The molecule has 4 rings (SSSR count). The van der Waals surface area contributed by atoms with Gasteiger partial charge in [0.25, 0.3) is 0 Å².